The molecule has 0 spiro atoms. The maximum Gasteiger partial charge on any atom is 0.411 e. The second kappa shape index (κ2) is 8.04. The molecule has 9 heteroatoms. The van der Waals surface area contributed by atoms with Crippen LogP contribution in [-0.2, 0) is 20.9 Å². The van der Waals surface area contributed by atoms with Crippen LogP contribution in [0.1, 0.15) is 32.8 Å². The molecule has 2 heterocycles. The van der Waals surface area contributed by atoms with Crippen molar-refractivity contribution in [2.75, 3.05) is 20.8 Å². The third kappa shape index (κ3) is 4.15. The molecule has 1 N–H and O–H groups in total. The number of β-lactam (4-membered cyclic amide) rings is 1. The van der Waals surface area contributed by atoms with Crippen molar-refractivity contribution in [3.8, 4) is 11.5 Å². The minimum Gasteiger partial charge on any atom is -0.493 e. The van der Waals surface area contributed by atoms with E-state index < -0.39 is 23.7 Å². The van der Waals surface area contributed by atoms with Gasteiger partial charge in [-0.1, -0.05) is 6.07 Å². The van der Waals surface area contributed by atoms with Crippen LogP contribution >= 0.6 is 0 Å². The van der Waals surface area contributed by atoms with E-state index in [-0.39, 0.29) is 30.8 Å². The summed E-state index contributed by atoms with van der Waals surface area (Å²) in [6.45, 7) is 5.71. The van der Waals surface area contributed by atoms with Crippen molar-refractivity contribution in [1.82, 2.24) is 9.80 Å². The molecule has 2 aliphatic rings. The minimum absolute atomic E-state index is 0.129. The lowest BCUT2D eigenvalue weighted by Crippen LogP contribution is -2.67. The molecule has 1 aromatic carbocycles. The molecular formula is C21H28N2O7. The number of carbonyl (C=O) groups is 3. The van der Waals surface area contributed by atoms with Crippen molar-refractivity contribution in [1.29, 1.82) is 0 Å². The quantitative estimate of drug-likeness (QED) is 0.703. The Labute approximate surface area is 175 Å². The highest BCUT2D eigenvalue weighted by atomic mass is 16.6. The highest BCUT2D eigenvalue weighted by molar-refractivity contribution is 5.93. The SMILES string of the molecule is COc1ccc(CN2C(=O)[C@@H]3[C@H]2C(CC(=O)O)CN3C(=O)OC(C)(C)C)cc1OC. The average molecular weight is 420 g/mol. The summed E-state index contributed by atoms with van der Waals surface area (Å²) in [4.78, 5) is 39.9. The van der Waals surface area contributed by atoms with Gasteiger partial charge < -0.3 is 24.2 Å². The Hall–Kier alpha value is -2.97. The summed E-state index contributed by atoms with van der Waals surface area (Å²) in [7, 11) is 3.08. The van der Waals surface area contributed by atoms with Crippen LogP contribution < -0.4 is 9.47 Å². The molecule has 9 nitrogen and oxygen atoms in total. The summed E-state index contributed by atoms with van der Waals surface area (Å²) >= 11 is 0. The number of amides is 2. The third-order valence-corrected chi connectivity index (χ3v) is 5.34. The van der Waals surface area contributed by atoms with Gasteiger partial charge >= 0.3 is 12.1 Å². The molecule has 1 aromatic rings. The number of aliphatic carboxylic acids is 1. The second-order valence-electron chi connectivity index (χ2n) is 8.58. The van der Waals surface area contributed by atoms with Gasteiger partial charge in [-0.25, -0.2) is 4.79 Å². The molecule has 3 rings (SSSR count). The first-order valence-corrected chi connectivity index (χ1v) is 9.78. The zero-order valence-electron chi connectivity index (χ0n) is 17.9. The molecule has 0 aromatic heterocycles. The second-order valence-corrected chi connectivity index (χ2v) is 8.58. The fourth-order valence-electron chi connectivity index (χ4n) is 4.13. The first-order chi connectivity index (χ1) is 14.1. The molecule has 0 bridgehead atoms. The van der Waals surface area contributed by atoms with Gasteiger partial charge in [0.1, 0.15) is 11.6 Å². The number of nitrogens with zero attached hydrogens (tertiary/aromatic N) is 2. The van der Waals surface area contributed by atoms with Crippen LogP contribution in [0.3, 0.4) is 0 Å². The molecule has 3 atom stereocenters. The van der Waals surface area contributed by atoms with Gasteiger partial charge in [-0.05, 0) is 38.5 Å². The summed E-state index contributed by atoms with van der Waals surface area (Å²) < 4.78 is 16.0. The Morgan fingerprint density at radius 3 is 2.40 bits per heavy atom. The van der Waals surface area contributed by atoms with E-state index in [4.69, 9.17) is 14.2 Å². The van der Waals surface area contributed by atoms with Crippen molar-refractivity contribution in [3.05, 3.63) is 23.8 Å². The molecule has 0 aliphatic carbocycles. The van der Waals surface area contributed by atoms with E-state index in [1.807, 2.05) is 6.07 Å². The van der Waals surface area contributed by atoms with Gasteiger partial charge in [0, 0.05) is 19.0 Å². The first kappa shape index (κ1) is 21.7. The van der Waals surface area contributed by atoms with Gasteiger partial charge in [0.05, 0.1) is 26.7 Å². The third-order valence-electron chi connectivity index (χ3n) is 5.34. The molecule has 2 saturated heterocycles. The van der Waals surface area contributed by atoms with Crippen molar-refractivity contribution < 1.29 is 33.7 Å². The lowest BCUT2D eigenvalue weighted by Gasteiger charge is -2.47. The number of methoxy groups -OCH3 is 2. The molecule has 2 fully saturated rings. The maximum absolute atomic E-state index is 12.9. The van der Waals surface area contributed by atoms with E-state index in [9.17, 15) is 19.5 Å². The molecule has 2 amide bonds. The largest absolute Gasteiger partial charge is 0.493 e. The Morgan fingerprint density at radius 2 is 1.83 bits per heavy atom. The van der Waals surface area contributed by atoms with Crippen molar-refractivity contribution in [2.45, 2.75) is 51.4 Å². The number of hydrogen-bond donors (Lipinski definition) is 1. The van der Waals surface area contributed by atoms with Crippen molar-refractivity contribution >= 4 is 18.0 Å². The Kier molecular flexibility index (Phi) is 5.83. The van der Waals surface area contributed by atoms with Crippen molar-refractivity contribution in [3.63, 3.8) is 0 Å². The monoisotopic (exact) mass is 420 g/mol. The van der Waals surface area contributed by atoms with Crippen LogP contribution in [0.4, 0.5) is 4.79 Å². The van der Waals surface area contributed by atoms with Crippen LogP contribution in [0.5, 0.6) is 11.5 Å². The molecule has 164 valence electrons. The first-order valence-electron chi connectivity index (χ1n) is 9.78. The number of ether oxygens (including phenoxy) is 3. The summed E-state index contributed by atoms with van der Waals surface area (Å²) in [5.74, 6) is -0.417. The Morgan fingerprint density at radius 1 is 1.17 bits per heavy atom. The van der Waals surface area contributed by atoms with E-state index in [2.05, 4.69) is 0 Å². The fraction of sp³-hybridized carbons (Fsp3) is 0.571. The van der Waals surface area contributed by atoms with E-state index in [0.29, 0.717) is 18.0 Å². The lowest BCUT2D eigenvalue weighted by molar-refractivity contribution is -0.157. The number of carboxylic acid groups (broad SMARTS) is 1. The fourth-order valence-corrected chi connectivity index (χ4v) is 4.13. The number of carbonyl (C=O) groups excluding carboxylic acids is 2. The van der Waals surface area contributed by atoms with Crippen LogP contribution in [0.25, 0.3) is 0 Å². The average Bonchev–Trinajstić information content (AvgIpc) is 2.99. The zero-order chi connectivity index (χ0) is 22.2. The number of likely N-dealkylation sites (tertiary alicyclic amines) is 2. The highest BCUT2D eigenvalue weighted by Crippen LogP contribution is 2.41. The maximum atomic E-state index is 12.9. The zero-order valence-corrected chi connectivity index (χ0v) is 17.9. The molecule has 0 saturated carbocycles. The number of rotatable bonds is 6. The summed E-state index contributed by atoms with van der Waals surface area (Å²) in [6.07, 6.45) is -0.722. The van der Waals surface area contributed by atoms with E-state index in [1.165, 1.54) is 12.0 Å². The summed E-state index contributed by atoms with van der Waals surface area (Å²) in [6, 6.07) is 4.31. The van der Waals surface area contributed by atoms with Crippen LogP contribution in [-0.4, -0.2) is 71.3 Å². The van der Waals surface area contributed by atoms with Gasteiger partial charge in [-0.15, -0.1) is 0 Å². The van der Waals surface area contributed by atoms with Gasteiger partial charge in [-0.2, -0.15) is 0 Å². The number of carboxylic acids is 1. The predicted octanol–water partition coefficient (Wildman–Crippen LogP) is 2.12. The topological polar surface area (TPSA) is 106 Å². The van der Waals surface area contributed by atoms with Crippen LogP contribution in [0.15, 0.2) is 18.2 Å². The van der Waals surface area contributed by atoms with Gasteiger partial charge in [0.25, 0.3) is 0 Å². The summed E-state index contributed by atoms with van der Waals surface area (Å²) in [5, 5.41) is 9.31. The molecular weight excluding hydrogens is 392 g/mol. The predicted molar refractivity (Wildman–Crippen MR) is 106 cm³/mol. The van der Waals surface area contributed by atoms with E-state index in [0.717, 1.165) is 5.56 Å². The van der Waals surface area contributed by atoms with Gasteiger partial charge in [0.15, 0.2) is 11.5 Å². The van der Waals surface area contributed by atoms with E-state index in [1.54, 1.807) is 44.9 Å². The molecule has 30 heavy (non-hydrogen) atoms. The smallest absolute Gasteiger partial charge is 0.411 e. The van der Waals surface area contributed by atoms with Gasteiger partial charge in [0.2, 0.25) is 5.91 Å². The van der Waals surface area contributed by atoms with Gasteiger partial charge in [-0.3, -0.25) is 14.5 Å². The lowest BCUT2D eigenvalue weighted by atomic mass is 9.86. The standard InChI is InChI=1S/C21H28N2O7/c1-21(2,3)30-20(27)23-11-13(9-16(24)25)17-18(23)19(26)22(17)10-12-6-7-14(28-4)15(8-12)29-5/h6-8,13,17-18H,9-11H2,1-5H3,(H,24,25)/t13?,17-,18+/m1/s1. The molecule has 1 unspecified atom stereocenters. The Bertz CT molecular complexity index is 848. The number of hydrogen-bond acceptors (Lipinski definition) is 6. The molecule has 0 radical (unpaired) electrons. The highest BCUT2D eigenvalue weighted by Gasteiger charge is 2.60. The number of fused-ring (bicyclic) bond motifs is 1. The van der Waals surface area contributed by atoms with E-state index >= 15 is 0 Å². The summed E-state index contributed by atoms with van der Waals surface area (Å²) in [5.41, 5.74) is 0.119. The van der Waals surface area contributed by atoms with Crippen molar-refractivity contribution in [2.24, 2.45) is 5.92 Å². The van der Waals surface area contributed by atoms with Crippen LogP contribution in [0.2, 0.25) is 0 Å². The Balaban J connectivity index is 1.81. The normalized spacial score (nSPS) is 23.0. The molecule has 2 aliphatic heterocycles. The van der Waals surface area contributed by atoms with Crippen LogP contribution in [0, 0.1) is 5.92 Å². The minimum atomic E-state index is -0.963. The number of benzene rings is 1.